The zero-order chi connectivity index (χ0) is 22.4. The van der Waals surface area contributed by atoms with Crippen molar-refractivity contribution in [1.82, 2.24) is 10.2 Å². The average molecular weight is 441 g/mol. The predicted molar refractivity (Wildman–Crippen MR) is 117 cm³/mol. The van der Waals surface area contributed by atoms with Crippen LogP contribution >= 0.6 is 11.8 Å². The molecule has 162 valence electrons. The molecule has 0 saturated heterocycles. The lowest BCUT2D eigenvalue weighted by molar-refractivity contribution is -0.146. The lowest BCUT2D eigenvalue weighted by atomic mass is 10.0. The molecule has 2 aromatic rings. The number of hydrogen-bond acceptors (Lipinski definition) is 5. The highest BCUT2D eigenvalue weighted by Crippen LogP contribution is 2.22. The van der Waals surface area contributed by atoms with Crippen LogP contribution in [0.1, 0.15) is 23.6 Å². The van der Waals surface area contributed by atoms with E-state index < -0.39 is 35.6 Å². The molecule has 1 aliphatic rings. The van der Waals surface area contributed by atoms with Crippen LogP contribution in [0.5, 0.6) is 0 Å². The highest BCUT2D eigenvalue weighted by molar-refractivity contribution is 8.14. The number of nitrogens with one attached hydrogen (secondary N) is 1. The molecule has 0 radical (unpaired) electrons. The maximum absolute atomic E-state index is 13.1. The number of amides is 2. The molecule has 0 fully saturated rings. The third-order valence-corrected chi connectivity index (χ3v) is 6.02. The molecular formula is C23H24N2O5S. The van der Waals surface area contributed by atoms with Crippen LogP contribution in [-0.4, -0.2) is 50.7 Å². The molecular weight excluding hydrogens is 416 g/mol. The molecule has 8 heteroatoms. The van der Waals surface area contributed by atoms with Crippen LogP contribution in [0.3, 0.4) is 0 Å². The van der Waals surface area contributed by atoms with E-state index >= 15 is 0 Å². The molecule has 2 amide bonds. The summed E-state index contributed by atoms with van der Waals surface area (Å²) in [6.07, 6.45) is 0.604. The van der Waals surface area contributed by atoms with E-state index in [0.717, 1.165) is 28.5 Å². The van der Waals surface area contributed by atoms with Crippen LogP contribution in [-0.2, 0) is 38.6 Å². The minimum Gasteiger partial charge on any atom is -0.480 e. The zero-order valence-corrected chi connectivity index (χ0v) is 17.9. The number of fused-ring (bicyclic) bond motifs is 1. The van der Waals surface area contributed by atoms with Crippen LogP contribution in [0.15, 0.2) is 54.6 Å². The fourth-order valence-corrected chi connectivity index (χ4v) is 4.46. The monoisotopic (exact) mass is 440 g/mol. The number of carbonyl (C=O) groups excluding carboxylic acids is 3. The molecule has 2 atom stereocenters. The average Bonchev–Trinajstić information content (AvgIpc) is 2.84. The molecule has 3 rings (SSSR count). The summed E-state index contributed by atoms with van der Waals surface area (Å²) in [6, 6.07) is 15.8. The van der Waals surface area contributed by atoms with Crippen LogP contribution in [0.4, 0.5) is 0 Å². The van der Waals surface area contributed by atoms with Gasteiger partial charge in [-0.15, -0.1) is 0 Å². The van der Waals surface area contributed by atoms with Gasteiger partial charge >= 0.3 is 5.97 Å². The van der Waals surface area contributed by atoms with Gasteiger partial charge < -0.3 is 15.3 Å². The van der Waals surface area contributed by atoms with Crippen molar-refractivity contribution in [3.8, 4) is 0 Å². The minimum atomic E-state index is -1.12. The third-order valence-electron chi connectivity index (χ3n) is 5.02. The summed E-state index contributed by atoms with van der Waals surface area (Å²) in [6.45, 7) is 1.12. The van der Waals surface area contributed by atoms with Gasteiger partial charge in [0.1, 0.15) is 12.6 Å². The number of nitrogens with zero attached hydrogens (tertiary/aromatic N) is 1. The Morgan fingerprint density at radius 3 is 2.39 bits per heavy atom. The van der Waals surface area contributed by atoms with E-state index in [2.05, 4.69) is 5.32 Å². The Bertz CT molecular complexity index is 979. The number of thioether (sulfide) groups is 1. The van der Waals surface area contributed by atoms with Crippen LogP contribution < -0.4 is 5.32 Å². The molecule has 7 nitrogen and oxygen atoms in total. The Morgan fingerprint density at radius 1 is 1.10 bits per heavy atom. The van der Waals surface area contributed by atoms with E-state index in [0.29, 0.717) is 6.42 Å². The number of aliphatic carboxylic acids is 1. The maximum Gasteiger partial charge on any atom is 0.323 e. The maximum atomic E-state index is 13.1. The van der Waals surface area contributed by atoms with Crippen molar-refractivity contribution in [2.24, 2.45) is 0 Å². The second-order valence-corrected chi connectivity index (χ2v) is 8.79. The lowest BCUT2D eigenvalue weighted by Crippen LogP contribution is -2.51. The van der Waals surface area contributed by atoms with Gasteiger partial charge in [-0.3, -0.25) is 19.2 Å². The Labute approximate surface area is 184 Å². The van der Waals surface area contributed by atoms with Crippen molar-refractivity contribution in [2.75, 3.05) is 6.54 Å². The fraction of sp³-hybridized carbons (Fsp3) is 0.304. The Hall–Kier alpha value is -3.13. The predicted octanol–water partition coefficient (Wildman–Crippen LogP) is 2.03. The largest absolute Gasteiger partial charge is 0.480 e. The van der Waals surface area contributed by atoms with Crippen molar-refractivity contribution in [3.05, 3.63) is 71.3 Å². The number of rotatable bonds is 7. The SMILES string of the molecule is CC(=O)S[C@@H](Cc1ccccc1)C(=O)NC1Cc2ccccc2CN(CC(=O)O)C1=O. The van der Waals surface area contributed by atoms with Gasteiger partial charge in [-0.2, -0.15) is 0 Å². The van der Waals surface area contributed by atoms with Gasteiger partial charge in [0.2, 0.25) is 11.8 Å². The zero-order valence-electron chi connectivity index (χ0n) is 17.1. The molecule has 0 aromatic heterocycles. The summed E-state index contributed by atoms with van der Waals surface area (Å²) < 4.78 is 0. The summed E-state index contributed by atoms with van der Waals surface area (Å²) in [4.78, 5) is 50.4. The van der Waals surface area contributed by atoms with Crippen molar-refractivity contribution in [1.29, 1.82) is 0 Å². The molecule has 1 unspecified atom stereocenters. The smallest absolute Gasteiger partial charge is 0.323 e. The van der Waals surface area contributed by atoms with Gasteiger partial charge in [0.25, 0.3) is 0 Å². The second kappa shape index (κ2) is 10.3. The van der Waals surface area contributed by atoms with Crippen LogP contribution in [0, 0.1) is 0 Å². The number of hydrogen-bond donors (Lipinski definition) is 2. The van der Waals surface area contributed by atoms with E-state index in [-0.39, 0.29) is 18.1 Å². The summed E-state index contributed by atoms with van der Waals surface area (Å²) in [5, 5.41) is 11.1. The summed E-state index contributed by atoms with van der Waals surface area (Å²) >= 11 is 0.925. The summed E-state index contributed by atoms with van der Waals surface area (Å²) in [7, 11) is 0. The van der Waals surface area contributed by atoms with Crippen molar-refractivity contribution < 1.29 is 24.3 Å². The molecule has 1 heterocycles. The van der Waals surface area contributed by atoms with E-state index in [1.54, 1.807) is 0 Å². The molecule has 0 bridgehead atoms. The van der Waals surface area contributed by atoms with E-state index in [9.17, 15) is 24.3 Å². The first-order chi connectivity index (χ1) is 14.8. The van der Waals surface area contributed by atoms with Gasteiger partial charge in [-0.05, 0) is 23.1 Å². The second-order valence-electron chi connectivity index (χ2n) is 7.41. The van der Waals surface area contributed by atoms with Crippen molar-refractivity contribution in [3.63, 3.8) is 0 Å². The Kier molecular flexibility index (Phi) is 7.46. The number of carboxylic acids is 1. The lowest BCUT2D eigenvalue weighted by Gasteiger charge is -2.25. The topological polar surface area (TPSA) is 104 Å². The number of carbonyl (C=O) groups is 4. The molecule has 2 N–H and O–H groups in total. The molecule has 0 saturated carbocycles. The fourth-order valence-electron chi connectivity index (χ4n) is 3.61. The molecule has 31 heavy (non-hydrogen) atoms. The highest BCUT2D eigenvalue weighted by Gasteiger charge is 2.33. The van der Waals surface area contributed by atoms with Gasteiger partial charge in [0.05, 0.1) is 5.25 Å². The van der Waals surface area contributed by atoms with Crippen LogP contribution in [0.2, 0.25) is 0 Å². The first-order valence-electron chi connectivity index (χ1n) is 9.92. The van der Waals surface area contributed by atoms with Gasteiger partial charge in [0.15, 0.2) is 5.12 Å². The van der Waals surface area contributed by atoms with E-state index in [4.69, 9.17) is 0 Å². The quantitative estimate of drug-likeness (QED) is 0.683. The number of benzene rings is 2. The molecule has 2 aromatic carbocycles. The third kappa shape index (κ3) is 6.18. The van der Waals surface area contributed by atoms with Gasteiger partial charge in [-0.1, -0.05) is 66.4 Å². The standard InChI is InChI=1S/C23H24N2O5S/c1-15(26)31-20(11-16-7-3-2-4-8-16)22(29)24-19-12-17-9-5-6-10-18(17)13-25(23(19)30)14-21(27)28/h2-10,19-20H,11-14H2,1H3,(H,24,29)(H,27,28)/t19?,20-/m0/s1. The normalized spacial score (nSPS) is 16.7. The van der Waals surface area contributed by atoms with E-state index in [1.807, 2.05) is 54.6 Å². The minimum absolute atomic E-state index is 0.170. The van der Waals surface area contributed by atoms with Crippen molar-refractivity contribution >= 4 is 34.7 Å². The van der Waals surface area contributed by atoms with Gasteiger partial charge in [-0.25, -0.2) is 0 Å². The molecule has 0 aliphatic carbocycles. The first-order valence-corrected chi connectivity index (χ1v) is 10.8. The Morgan fingerprint density at radius 2 is 1.74 bits per heavy atom. The summed E-state index contributed by atoms with van der Waals surface area (Å²) in [5.41, 5.74) is 2.64. The molecule has 1 aliphatic heterocycles. The molecule has 0 spiro atoms. The summed E-state index contributed by atoms with van der Waals surface area (Å²) in [5.74, 6) is -1.98. The van der Waals surface area contributed by atoms with Gasteiger partial charge in [0, 0.05) is 19.9 Å². The first kappa shape index (κ1) is 22.6. The van der Waals surface area contributed by atoms with E-state index in [1.165, 1.54) is 11.8 Å². The van der Waals surface area contributed by atoms with Crippen molar-refractivity contribution in [2.45, 2.75) is 37.6 Å². The Balaban J connectivity index is 1.82. The van der Waals surface area contributed by atoms with Crippen LogP contribution in [0.25, 0.3) is 0 Å². The number of carboxylic acid groups (broad SMARTS) is 1. The highest BCUT2D eigenvalue weighted by atomic mass is 32.2.